The predicted molar refractivity (Wildman–Crippen MR) is 121 cm³/mol. The molecule has 0 atom stereocenters. The van der Waals surface area contributed by atoms with Gasteiger partial charge >= 0.3 is 0 Å². The summed E-state index contributed by atoms with van der Waals surface area (Å²) in [5.74, 6) is -6.62. The van der Waals surface area contributed by atoms with Crippen molar-refractivity contribution in [3.8, 4) is 62.9 Å². The largest absolute Gasteiger partial charge is 0.504 e. The van der Waals surface area contributed by atoms with Gasteiger partial charge < -0.3 is 46.0 Å². The van der Waals surface area contributed by atoms with Gasteiger partial charge in [-0.2, -0.15) is 0 Å². The molecule has 0 spiro atoms. The van der Waals surface area contributed by atoms with E-state index in [4.69, 9.17) is 0 Å². The molecule has 0 aliphatic carbocycles. The summed E-state index contributed by atoms with van der Waals surface area (Å²) in [4.78, 5) is 0. The topological polar surface area (TPSA) is 182 Å². The van der Waals surface area contributed by atoms with Gasteiger partial charge in [0.25, 0.3) is 0 Å². The summed E-state index contributed by atoms with van der Waals surface area (Å²) in [5.41, 5.74) is 1.30. The van der Waals surface area contributed by atoms with Gasteiger partial charge in [-0.1, -0.05) is 36.4 Å². The van der Waals surface area contributed by atoms with Crippen LogP contribution in [0.3, 0.4) is 0 Å². The quantitative estimate of drug-likeness (QED) is 0.160. The maximum Gasteiger partial charge on any atom is 0.200 e. The molecule has 0 saturated heterocycles. The average molecular weight is 464 g/mol. The normalized spacial score (nSPS) is 11.1. The van der Waals surface area contributed by atoms with Crippen molar-refractivity contribution >= 4 is 0 Å². The maximum absolute atomic E-state index is 10.5. The molecule has 0 unspecified atom stereocenters. The van der Waals surface area contributed by atoms with Crippen LogP contribution in [0, 0.1) is 0 Å². The van der Waals surface area contributed by atoms with Crippen LogP contribution < -0.4 is 0 Å². The fourth-order valence-electron chi connectivity index (χ4n) is 3.82. The van der Waals surface area contributed by atoms with E-state index in [1.54, 1.807) is 24.3 Å². The molecule has 0 saturated carbocycles. The lowest BCUT2D eigenvalue weighted by Gasteiger charge is -2.22. The Morgan fingerprint density at radius 2 is 0.794 bits per heavy atom. The number of aromatic hydroxyl groups is 9. The third kappa shape index (κ3) is 3.55. The number of hydrogen-bond donors (Lipinski definition) is 9. The summed E-state index contributed by atoms with van der Waals surface area (Å²) in [5, 5.41) is 90.1. The van der Waals surface area contributed by atoms with Gasteiger partial charge in [-0.25, -0.2) is 0 Å². The Morgan fingerprint density at radius 3 is 1.26 bits per heavy atom. The van der Waals surface area contributed by atoms with E-state index in [9.17, 15) is 46.0 Å². The molecule has 9 nitrogen and oxygen atoms in total. The molecule has 174 valence electrons. The van der Waals surface area contributed by atoms with Gasteiger partial charge in [-0.05, 0) is 35.4 Å². The number of benzene rings is 4. The zero-order valence-corrected chi connectivity index (χ0v) is 17.4. The Bertz CT molecular complexity index is 1340. The highest BCUT2D eigenvalue weighted by atomic mass is 16.3. The number of phenolic OH excluding ortho intramolecular Hbond substituents is 9. The van der Waals surface area contributed by atoms with Crippen LogP contribution in [0.2, 0.25) is 0 Å². The van der Waals surface area contributed by atoms with Crippen LogP contribution in [0.5, 0.6) is 51.7 Å². The van der Waals surface area contributed by atoms with Crippen molar-refractivity contribution in [3.63, 3.8) is 0 Å². The lowest BCUT2D eigenvalue weighted by atomic mass is 9.83. The molecule has 0 bridgehead atoms. The Kier molecular flexibility index (Phi) is 5.38. The monoisotopic (exact) mass is 464 g/mol. The summed E-state index contributed by atoms with van der Waals surface area (Å²) in [7, 11) is 0. The van der Waals surface area contributed by atoms with Crippen LogP contribution in [0.25, 0.3) is 11.1 Å². The van der Waals surface area contributed by atoms with Crippen LogP contribution in [-0.4, -0.2) is 46.0 Å². The number of phenols is 9. The van der Waals surface area contributed by atoms with Crippen molar-refractivity contribution in [2.45, 2.75) is 5.92 Å². The second kappa shape index (κ2) is 8.21. The van der Waals surface area contributed by atoms with Crippen LogP contribution in [0.1, 0.15) is 22.6 Å². The number of hydrogen-bond acceptors (Lipinski definition) is 9. The summed E-state index contributed by atoms with van der Waals surface area (Å²) in [6.45, 7) is 0. The first-order valence-corrected chi connectivity index (χ1v) is 9.93. The summed E-state index contributed by atoms with van der Waals surface area (Å²) >= 11 is 0. The minimum atomic E-state index is -0.978. The molecule has 9 N–H and O–H groups in total. The van der Waals surface area contributed by atoms with Gasteiger partial charge in [0, 0.05) is 22.6 Å². The molecular formula is C25H20O9. The molecule has 0 fully saturated rings. The van der Waals surface area contributed by atoms with Crippen molar-refractivity contribution in [1.82, 2.24) is 0 Å². The minimum Gasteiger partial charge on any atom is -0.504 e. The van der Waals surface area contributed by atoms with Gasteiger partial charge in [0.15, 0.2) is 34.5 Å². The van der Waals surface area contributed by atoms with Crippen molar-refractivity contribution in [1.29, 1.82) is 0 Å². The fraction of sp³-hybridized carbons (Fsp3) is 0.0400. The van der Waals surface area contributed by atoms with Gasteiger partial charge in [0.1, 0.15) is 0 Å². The minimum absolute atomic E-state index is 0.0774. The Hall–Kier alpha value is -4.92. The first-order chi connectivity index (χ1) is 16.1. The van der Waals surface area contributed by atoms with E-state index in [-0.39, 0.29) is 16.7 Å². The van der Waals surface area contributed by atoms with E-state index in [0.717, 1.165) is 12.1 Å². The summed E-state index contributed by atoms with van der Waals surface area (Å²) in [6.07, 6.45) is 0. The highest BCUT2D eigenvalue weighted by molar-refractivity contribution is 5.76. The van der Waals surface area contributed by atoms with E-state index >= 15 is 0 Å². The summed E-state index contributed by atoms with van der Waals surface area (Å²) < 4.78 is 0. The highest BCUT2D eigenvalue weighted by Crippen LogP contribution is 2.50. The maximum atomic E-state index is 10.5. The molecule has 34 heavy (non-hydrogen) atoms. The van der Waals surface area contributed by atoms with Crippen molar-refractivity contribution in [2.24, 2.45) is 0 Å². The van der Waals surface area contributed by atoms with Gasteiger partial charge in [0.2, 0.25) is 17.2 Å². The smallest absolute Gasteiger partial charge is 0.200 e. The van der Waals surface area contributed by atoms with E-state index in [1.807, 2.05) is 0 Å². The van der Waals surface area contributed by atoms with E-state index in [1.165, 1.54) is 24.3 Å². The third-order valence-electron chi connectivity index (χ3n) is 5.63. The second-order valence-corrected chi connectivity index (χ2v) is 7.63. The predicted octanol–water partition coefficient (Wildman–Crippen LogP) is 3.88. The summed E-state index contributed by atoms with van der Waals surface area (Å²) in [6, 6.07) is 13.9. The lowest BCUT2D eigenvalue weighted by Crippen LogP contribution is -2.05. The molecule has 4 aromatic carbocycles. The molecule has 0 heterocycles. The lowest BCUT2D eigenvalue weighted by molar-refractivity contribution is 0.360. The molecule has 0 radical (unpaired) electrons. The SMILES string of the molecule is Oc1ccc(-c2ccc(C(c3ccc(O)c(O)c3O)c3ccc(O)c(O)c3O)cc2)c(O)c1O. The first kappa shape index (κ1) is 22.3. The average Bonchev–Trinajstić information content (AvgIpc) is 2.83. The third-order valence-corrected chi connectivity index (χ3v) is 5.63. The van der Waals surface area contributed by atoms with Gasteiger partial charge in [-0.15, -0.1) is 0 Å². The van der Waals surface area contributed by atoms with Gasteiger partial charge in [0.05, 0.1) is 0 Å². The zero-order chi connectivity index (χ0) is 24.7. The zero-order valence-electron chi connectivity index (χ0n) is 17.4. The molecule has 9 heteroatoms. The van der Waals surface area contributed by atoms with E-state index in [0.29, 0.717) is 11.1 Å². The molecule has 0 aliphatic heterocycles. The molecular weight excluding hydrogens is 444 g/mol. The Labute approximate surface area is 192 Å². The van der Waals surface area contributed by atoms with E-state index in [2.05, 4.69) is 0 Å². The van der Waals surface area contributed by atoms with E-state index < -0.39 is 57.7 Å². The van der Waals surface area contributed by atoms with Crippen LogP contribution in [0.15, 0.2) is 60.7 Å². The fourth-order valence-corrected chi connectivity index (χ4v) is 3.82. The first-order valence-electron chi connectivity index (χ1n) is 9.93. The molecule has 0 aliphatic rings. The number of rotatable bonds is 4. The van der Waals surface area contributed by atoms with Crippen LogP contribution >= 0.6 is 0 Å². The standard InChI is InChI=1S/C25H20O9/c26-16-8-5-13(20(29)23(16)32)11-1-3-12(4-2-11)19(14-6-9-17(27)24(33)21(14)30)15-7-10-18(28)25(34)22(15)31/h1-10,19,26-34H. The molecule has 0 aromatic heterocycles. The van der Waals surface area contributed by atoms with Crippen molar-refractivity contribution in [2.75, 3.05) is 0 Å². The highest BCUT2D eigenvalue weighted by Gasteiger charge is 2.27. The molecule has 0 amide bonds. The van der Waals surface area contributed by atoms with Crippen molar-refractivity contribution in [3.05, 3.63) is 77.4 Å². The van der Waals surface area contributed by atoms with Gasteiger partial charge in [-0.3, -0.25) is 0 Å². The van der Waals surface area contributed by atoms with Crippen LogP contribution in [0.4, 0.5) is 0 Å². The second-order valence-electron chi connectivity index (χ2n) is 7.63. The Balaban J connectivity index is 1.90. The Morgan fingerprint density at radius 1 is 0.382 bits per heavy atom. The van der Waals surface area contributed by atoms with Crippen molar-refractivity contribution < 1.29 is 46.0 Å². The molecule has 4 rings (SSSR count). The molecule has 4 aromatic rings. The van der Waals surface area contributed by atoms with Crippen LogP contribution in [-0.2, 0) is 0 Å².